The SMILES string of the molecule is CC1CO1.O=C(O)c1cc(C(=O)O)ncn1. The molecule has 1 aliphatic rings. The highest BCUT2D eigenvalue weighted by Gasteiger charge is 2.13. The van der Waals surface area contributed by atoms with Crippen molar-refractivity contribution in [3.05, 3.63) is 23.8 Å². The van der Waals surface area contributed by atoms with Crippen molar-refractivity contribution < 1.29 is 24.5 Å². The Morgan fingerprint density at radius 3 is 1.94 bits per heavy atom. The number of aromatic nitrogens is 2. The second-order valence-corrected chi connectivity index (χ2v) is 3.04. The van der Waals surface area contributed by atoms with Crippen molar-refractivity contribution in [2.45, 2.75) is 13.0 Å². The Balaban J connectivity index is 0.000000267. The fourth-order valence-electron chi connectivity index (χ4n) is 0.687. The smallest absolute Gasteiger partial charge is 0.354 e. The molecule has 1 fully saturated rings. The summed E-state index contributed by atoms with van der Waals surface area (Å²) >= 11 is 0. The molecule has 0 radical (unpaired) electrons. The molecule has 1 aromatic rings. The zero-order chi connectivity index (χ0) is 12.1. The van der Waals surface area contributed by atoms with Crippen LogP contribution in [0.4, 0.5) is 0 Å². The van der Waals surface area contributed by atoms with Crippen LogP contribution in [0, 0.1) is 0 Å². The van der Waals surface area contributed by atoms with E-state index >= 15 is 0 Å². The Labute approximate surface area is 90.7 Å². The Morgan fingerprint density at radius 1 is 1.31 bits per heavy atom. The normalized spacial score (nSPS) is 16.9. The number of hydrogen-bond acceptors (Lipinski definition) is 5. The van der Waals surface area contributed by atoms with Gasteiger partial charge in [-0.25, -0.2) is 19.6 Å². The standard InChI is InChI=1S/C6H4N2O4.C3H6O/c9-5(10)3-1-4(6(11)12)8-2-7-3;1-3-2-4-3/h1-2H,(H,9,10)(H,11,12);3H,2H2,1H3. The van der Waals surface area contributed by atoms with E-state index < -0.39 is 11.9 Å². The Bertz CT molecular complexity index is 373. The second-order valence-electron chi connectivity index (χ2n) is 3.04. The van der Waals surface area contributed by atoms with Gasteiger partial charge in [-0.2, -0.15) is 0 Å². The van der Waals surface area contributed by atoms with Crippen molar-refractivity contribution in [1.29, 1.82) is 0 Å². The molecule has 7 nitrogen and oxygen atoms in total. The molecule has 0 aromatic carbocycles. The van der Waals surface area contributed by atoms with Crippen LogP contribution in [0.3, 0.4) is 0 Å². The van der Waals surface area contributed by atoms with Crippen LogP contribution in [-0.2, 0) is 4.74 Å². The molecule has 7 heteroatoms. The summed E-state index contributed by atoms with van der Waals surface area (Å²) < 4.78 is 4.71. The van der Waals surface area contributed by atoms with Gasteiger partial charge in [-0.15, -0.1) is 0 Å². The van der Waals surface area contributed by atoms with Crippen LogP contribution in [0.2, 0.25) is 0 Å². The highest BCUT2D eigenvalue weighted by molar-refractivity contribution is 5.90. The summed E-state index contributed by atoms with van der Waals surface area (Å²) in [7, 11) is 0. The molecule has 2 heterocycles. The summed E-state index contributed by atoms with van der Waals surface area (Å²) in [4.78, 5) is 27.3. The van der Waals surface area contributed by atoms with Gasteiger partial charge >= 0.3 is 11.9 Å². The molecule has 16 heavy (non-hydrogen) atoms. The quantitative estimate of drug-likeness (QED) is 0.696. The predicted molar refractivity (Wildman–Crippen MR) is 51.4 cm³/mol. The van der Waals surface area contributed by atoms with Crippen molar-refractivity contribution >= 4 is 11.9 Å². The molecular formula is C9H10N2O5. The van der Waals surface area contributed by atoms with E-state index in [4.69, 9.17) is 14.9 Å². The van der Waals surface area contributed by atoms with E-state index in [9.17, 15) is 9.59 Å². The highest BCUT2D eigenvalue weighted by atomic mass is 16.6. The zero-order valence-electron chi connectivity index (χ0n) is 8.45. The molecule has 0 spiro atoms. The molecule has 2 rings (SSSR count). The van der Waals surface area contributed by atoms with Gasteiger partial charge in [0, 0.05) is 6.07 Å². The van der Waals surface area contributed by atoms with Crippen LogP contribution in [-0.4, -0.2) is 44.8 Å². The van der Waals surface area contributed by atoms with E-state index in [0.717, 1.165) is 19.0 Å². The molecule has 1 unspecified atom stereocenters. The zero-order valence-corrected chi connectivity index (χ0v) is 8.45. The van der Waals surface area contributed by atoms with Gasteiger partial charge in [0.05, 0.1) is 12.7 Å². The first-order valence-electron chi connectivity index (χ1n) is 4.41. The third kappa shape index (κ3) is 4.01. The largest absolute Gasteiger partial charge is 0.477 e. The van der Waals surface area contributed by atoms with Crippen LogP contribution in [0.25, 0.3) is 0 Å². The number of carboxylic acids is 2. The van der Waals surface area contributed by atoms with Crippen molar-refractivity contribution in [1.82, 2.24) is 9.97 Å². The van der Waals surface area contributed by atoms with Crippen LogP contribution in [0.1, 0.15) is 27.9 Å². The molecular weight excluding hydrogens is 216 g/mol. The molecule has 1 atom stereocenters. The van der Waals surface area contributed by atoms with E-state index in [2.05, 4.69) is 16.9 Å². The van der Waals surface area contributed by atoms with E-state index in [0.29, 0.717) is 6.10 Å². The number of epoxide rings is 1. The highest BCUT2D eigenvalue weighted by Crippen LogP contribution is 2.04. The topological polar surface area (TPSA) is 113 Å². The third-order valence-corrected chi connectivity index (χ3v) is 1.61. The molecule has 0 aliphatic carbocycles. The van der Waals surface area contributed by atoms with Crippen LogP contribution >= 0.6 is 0 Å². The first-order chi connectivity index (χ1) is 7.50. The third-order valence-electron chi connectivity index (χ3n) is 1.61. The first-order valence-corrected chi connectivity index (χ1v) is 4.41. The van der Waals surface area contributed by atoms with Crippen molar-refractivity contribution in [3.8, 4) is 0 Å². The van der Waals surface area contributed by atoms with E-state index in [1.807, 2.05) is 0 Å². The van der Waals surface area contributed by atoms with Gasteiger partial charge in [0.1, 0.15) is 6.33 Å². The van der Waals surface area contributed by atoms with E-state index in [-0.39, 0.29) is 11.4 Å². The molecule has 1 aliphatic heterocycles. The Kier molecular flexibility index (Phi) is 3.90. The number of ether oxygens (including phenoxy) is 1. The summed E-state index contributed by atoms with van der Waals surface area (Å²) in [6, 6.07) is 0.894. The first kappa shape index (κ1) is 12.1. The lowest BCUT2D eigenvalue weighted by atomic mass is 10.3. The number of carbonyl (C=O) groups is 2. The number of rotatable bonds is 2. The lowest BCUT2D eigenvalue weighted by molar-refractivity contribution is 0.0689. The molecule has 1 aromatic heterocycles. The lowest BCUT2D eigenvalue weighted by Crippen LogP contribution is -2.06. The van der Waals surface area contributed by atoms with E-state index in [1.165, 1.54) is 0 Å². The van der Waals surface area contributed by atoms with Gasteiger partial charge in [0.15, 0.2) is 11.4 Å². The monoisotopic (exact) mass is 226 g/mol. The molecule has 0 bridgehead atoms. The Morgan fingerprint density at radius 2 is 1.69 bits per heavy atom. The number of aromatic carboxylic acids is 2. The minimum Gasteiger partial charge on any atom is -0.477 e. The van der Waals surface area contributed by atoms with Gasteiger partial charge < -0.3 is 14.9 Å². The number of nitrogens with zero attached hydrogens (tertiary/aromatic N) is 2. The maximum atomic E-state index is 10.3. The maximum absolute atomic E-state index is 10.3. The van der Waals surface area contributed by atoms with Gasteiger partial charge in [-0.1, -0.05) is 0 Å². The van der Waals surface area contributed by atoms with Gasteiger partial charge in [-0.05, 0) is 6.92 Å². The van der Waals surface area contributed by atoms with Crippen molar-refractivity contribution in [2.24, 2.45) is 0 Å². The van der Waals surface area contributed by atoms with Crippen LogP contribution in [0.5, 0.6) is 0 Å². The van der Waals surface area contributed by atoms with Gasteiger partial charge in [-0.3, -0.25) is 0 Å². The van der Waals surface area contributed by atoms with Crippen LogP contribution in [0.15, 0.2) is 12.4 Å². The molecule has 0 amide bonds. The average molecular weight is 226 g/mol. The lowest BCUT2D eigenvalue weighted by Gasteiger charge is -1.93. The summed E-state index contributed by atoms with van der Waals surface area (Å²) in [6.45, 7) is 3.04. The van der Waals surface area contributed by atoms with Crippen LogP contribution < -0.4 is 0 Å². The second kappa shape index (κ2) is 5.17. The summed E-state index contributed by atoms with van der Waals surface area (Å²) in [5.41, 5.74) is -0.662. The number of hydrogen-bond donors (Lipinski definition) is 2. The molecule has 86 valence electrons. The summed E-state index contributed by atoms with van der Waals surface area (Å²) in [5, 5.41) is 16.8. The van der Waals surface area contributed by atoms with Gasteiger partial charge in [0.2, 0.25) is 0 Å². The summed E-state index contributed by atoms with van der Waals surface area (Å²) in [5.74, 6) is -2.56. The average Bonchev–Trinajstić information content (AvgIpc) is 3.02. The summed E-state index contributed by atoms with van der Waals surface area (Å²) in [6.07, 6.45) is 1.48. The molecule has 0 saturated carbocycles. The van der Waals surface area contributed by atoms with E-state index in [1.54, 1.807) is 0 Å². The maximum Gasteiger partial charge on any atom is 0.354 e. The minimum atomic E-state index is -1.28. The van der Waals surface area contributed by atoms with Gasteiger partial charge in [0.25, 0.3) is 0 Å². The Hall–Kier alpha value is -2.02. The fourth-order valence-corrected chi connectivity index (χ4v) is 0.687. The number of carboxylic acid groups (broad SMARTS) is 2. The molecule has 1 saturated heterocycles. The van der Waals surface area contributed by atoms with Crippen molar-refractivity contribution in [3.63, 3.8) is 0 Å². The predicted octanol–water partition coefficient (Wildman–Crippen LogP) is 0.278. The van der Waals surface area contributed by atoms with Crippen molar-refractivity contribution in [2.75, 3.05) is 6.61 Å². The molecule has 2 N–H and O–H groups in total. The minimum absolute atomic E-state index is 0.331. The fraction of sp³-hybridized carbons (Fsp3) is 0.333.